The average Bonchev–Trinajstić information content (AvgIpc) is 1.99. The summed E-state index contributed by atoms with van der Waals surface area (Å²) in [6.07, 6.45) is 1.74. The second-order valence-electron chi connectivity index (χ2n) is 2.57. The maximum Gasteiger partial charge on any atom is 0.0163 e. The Morgan fingerprint density at radius 2 is 1.10 bits per heavy atom. The monoisotopic (exact) mass is 146 g/mol. The van der Waals surface area contributed by atoms with Crippen molar-refractivity contribution in [2.24, 2.45) is 22.9 Å². The summed E-state index contributed by atoms with van der Waals surface area (Å²) in [7, 11) is 0. The molecule has 0 spiro atoms. The molecule has 0 heterocycles. The van der Waals surface area contributed by atoms with E-state index in [1.807, 2.05) is 0 Å². The Bertz CT molecular complexity index is 66.1. The van der Waals surface area contributed by atoms with E-state index in [4.69, 9.17) is 22.9 Å². The lowest BCUT2D eigenvalue weighted by molar-refractivity contribution is 0.527. The van der Waals surface area contributed by atoms with Crippen molar-refractivity contribution in [3.05, 3.63) is 0 Å². The van der Waals surface area contributed by atoms with Gasteiger partial charge in [-0.2, -0.15) is 0 Å². The first-order chi connectivity index (χ1) is 4.70. The zero-order valence-electron chi connectivity index (χ0n) is 6.29. The van der Waals surface area contributed by atoms with Crippen LogP contribution >= 0.6 is 0 Å². The van der Waals surface area contributed by atoms with E-state index in [1.54, 1.807) is 0 Å². The summed E-state index contributed by atoms with van der Waals surface area (Å²) in [5.74, 6) is 0. The number of hydrogen-bond acceptors (Lipinski definition) is 4. The Labute approximate surface area is 61.9 Å². The molecular weight excluding hydrogens is 128 g/mol. The Balaban J connectivity index is 3.17. The van der Waals surface area contributed by atoms with Crippen molar-refractivity contribution >= 4 is 0 Å². The van der Waals surface area contributed by atoms with Crippen LogP contribution in [-0.2, 0) is 0 Å². The zero-order chi connectivity index (χ0) is 7.98. The molecule has 0 bridgehead atoms. The average molecular weight is 146 g/mol. The second kappa shape index (κ2) is 5.61. The van der Waals surface area contributed by atoms with Crippen LogP contribution in [0.4, 0.5) is 0 Å². The summed E-state index contributed by atoms with van der Waals surface area (Å²) in [5, 5.41) is 0. The van der Waals surface area contributed by atoms with Crippen LogP contribution in [0.5, 0.6) is 0 Å². The smallest absolute Gasteiger partial charge is 0.0163 e. The van der Waals surface area contributed by atoms with E-state index < -0.39 is 0 Å². The van der Waals surface area contributed by atoms with Crippen LogP contribution in [0.3, 0.4) is 0 Å². The van der Waals surface area contributed by atoms with E-state index in [-0.39, 0.29) is 12.1 Å². The molecule has 0 aromatic carbocycles. The molecule has 0 saturated heterocycles. The van der Waals surface area contributed by atoms with Crippen LogP contribution in [0.2, 0.25) is 0 Å². The molecule has 2 atom stereocenters. The third kappa shape index (κ3) is 4.69. The normalized spacial score (nSPS) is 16.8. The maximum atomic E-state index is 5.55. The molecule has 0 aliphatic rings. The van der Waals surface area contributed by atoms with Gasteiger partial charge in [0.1, 0.15) is 0 Å². The minimum atomic E-state index is 0.0811. The summed E-state index contributed by atoms with van der Waals surface area (Å²) in [4.78, 5) is 0. The van der Waals surface area contributed by atoms with Gasteiger partial charge in [0.25, 0.3) is 0 Å². The van der Waals surface area contributed by atoms with E-state index >= 15 is 0 Å². The first kappa shape index (κ1) is 9.84. The molecule has 0 aliphatic carbocycles. The number of hydrogen-bond donors (Lipinski definition) is 4. The Morgan fingerprint density at radius 1 is 0.800 bits per heavy atom. The fourth-order valence-electron chi connectivity index (χ4n) is 0.664. The zero-order valence-corrected chi connectivity index (χ0v) is 6.29. The Hall–Kier alpha value is -0.160. The lowest BCUT2D eigenvalue weighted by Crippen LogP contribution is -2.35. The SMILES string of the molecule is NCC(N)CCC(N)CN. The molecule has 0 amide bonds. The fourth-order valence-corrected chi connectivity index (χ4v) is 0.664. The summed E-state index contributed by atoms with van der Waals surface area (Å²) < 4.78 is 0. The lowest BCUT2D eigenvalue weighted by atomic mass is 10.1. The predicted molar refractivity (Wildman–Crippen MR) is 43.3 cm³/mol. The Morgan fingerprint density at radius 3 is 1.30 bits per heavy atom. The summed E-state index contributed by atoms with van der Waals surface area (Å²) in [6.45, 7) is 1.05. The summed E-state index contributed by atoms with van der Waals surface area (Å²) >= 11 is 0. The van der Waals surface area contributed by atoms with Gasteiger partial charge in [0.05, 0.1) is 0 Å². The highest BCUT2D eigenvalue weighted by atomic mass is 14.7. The second-order valence-corrected chi connectivity index (χ2v) is 2.57. The highest BCUT2D eigenvalue weighted by Gasteiger charge is 2.03. The van der Waals surface area contributed by atoms with Crippen molar-refractivity contribution in [1.82, 2.24) is 0 Å². The van der Waals surface area contributed by atoms with Gasteiger partial charge in [-0.1, -0.05) is 0 Å². The molecule has 8 N–H and O–H groups in total. The quantitative estimate of drug-likeness (QED) is 0.372. The van der Waals surface area contributed by atoms with E-state index in [0.717, 1.165) is 12.8 Å². The van der Waals surface area contributed by atoms with E-state index in [0.29, 0.717) is 13.1 Å². The van der Waals surface area contributed by atoms with Gasteiger partial charge < -0.3 is 22.9 Å². The van der Waals surface area contributed by atoms with Crippen LogP contribution in [0.15, 0.2) is 0 Å². The molecule has 0 aliphatic heterocycles. The van der Waals surface area contributed by atoms with Crippen molar-refractivity contribution in [3.8, 4) is 0 Å². The lowest BCUT2D eigenvalue weighted by Gasteiger charge is -2.11. The van der Waals surface area contributed by atoms with Gasteiger partial charge in [0.15, 0.2) is 0 Å². The van der Waals surface area contributed by atoms with Gasteiger partial charge in [-0.25, -0.2) is 0 Å². The molecule has 0 rings (SSSR count). The number of rotatable bonds is 5. The molecule has 0 aromatic heterocycles. The molecule has 0 fully saturated rings. The van der Waals surface area contributed by atoms with Gasteiger partial charge in [-0.3, -0.25) is 0 Å². The molecule has 62 valence electrons. The fraction of sp³-hybridized carbons (Fsp3) is 1.00. The van der Waals surface area contributed by atoms with Gasteiger partial charge in [0, 0.05) is 25.2 Å². The molecule has 0 aromatic rings. The molecule has 0 saturated carbocycles. The molecule has 2 unspecified atom stereocenters. The van der Waals surface area contributed by atoms with Gasteiger partial charge in [0.2, 0.25) is 0 Å². The third-order valence-corrected chi connectivity index (χ3v) is 1.51. The largest absolute Gasteiger partial charge is 0.329 e. The van der Waals surface area contributed by atoms with Crippen LogP contribution < -0.4 is 22.9 Å². The third-order valence-electron chi connectivity index (χ3n) is 1.51. The first-order valence-electron chi connectivity index (χ1n) is 3.62. The van der Waals surface area contributed by atoms with Crippen molar-refractivity contribution in [1.29, 1.82) is 0 Å². The Kier molecular flexibility index (Phi) is 5.52. The number of nitrogens with two attached hydrogens (primary N) is 4. The van der Waals surface area contributed by atoms with Crippen LogP contribution in [-0.4, -0.2) is 25.2 Å². The molecule has 0 radical (unpaired) electrons. The van der Waals surface area contributed by atoms with Gasteiger partial charge in [-0.05, 0) is 12.8 Å². The minimum absolute atomic E-state index is 0.0811. The molecule has 10 heavy (non-hydrogen) atoms. The van der Waals surface area contributed by atoms with Crippen LogP contribution in [0, 0.1) is 0 Å². The first-order valence-corrected chi connectivity index (χ1v) is 3.62. The summed E-state index contributed by atoms with van der Waals surface area (Å²) in [5.41, 5.74) is 21.7. The van der Waals surface area contributed by atoms with E-state index in [2.05, 4.69) is 0 Å². The highest BCUT2D eigenvalue weighted by molar-refractivity contribution is 4.68. The van der Waals surface area contributed by atoms with Crippen molar-refractivity contribution in [2.45, 2.75) is 24.9 Å². The standard InChI is InChI=1S/C6H18N4/c7-3-5(9)1-2-6(10)4-8/h5-6H,1-4,7-10H2. The van der Waals surface area contributed by atoms with Gasteiger partial charge in [-0.15, -0.1) is 0 Å². The topological polar surface area (TPSA) is 104 Å². The predicted octanol–water partition coefficient (Wildman–Crippen LogP) is -1.66. The van der Waals surface area contributed by atoms with Crippen LogP contribution in [0.25, 0.3) is 0 Å². The van der Waals surface area contributed by atoms with Crippen molar-refractivity contribution < 1.29 is 0 Å². The molecule has 4 heteroatoms. The molecular formula is C6H18N4. The minimum Gasteiger partial charge on any atom is -0.329 e. The van der Waals surface area contributed by atoms with Crippen molar-refractivity contribution in [3.63, 3.8) is 0 Å². The van der Waals surface area contributed by atoms with Gasteiger partial charge >= 0.3 is 0 Å². The molecule has 4 nitrogen and oxygen atoms in total. The van der Waals surface area contributed by atoms with E-state index in [9.17, 15) is 0 Å². The van der Waals surface area contributed by atoms with Crippen molar-refractivity contribution in [2.75, 3.05) is 13.1 Å². The van der Waals surface area contributed by atoms with E-state index in [1.165, 1.54) is 0 Å². The highest BCUT2D eigenvalue weighted by Crippen LogP contribution is 1.95. The van der Waals surface area contributed by atoms with Crippen LogP contribution in [0.1, 0.15) is 12.8 Å². The maximum absolute atomic E-state index is 5.55. The summed E-state index contributed by atoms with van der Waals surface area (Å²) in [6, 6.07) is 0.162.